The zero-order chi connectivity index (χ0) is 24.7. The van der Waals surface area contributed by atoms with Crippen molar-refractivity contribution in [1.29, 1.82) is 0 Å². The van der Waals surface area contributed by atoms with Crippen molar-refractivity contribution >= 4 is 74.1 Å². The molecular formula is C24H20Br2N2O4S2. The molecule has 0 unspecified atom stereocenters. The van der Waals surface area contributed by atoms with Crippen LogP contribution < -0.4 is 9.44 Å². The highest BCUT2D eigenvalue weighted by molar-refractivity contribution is 9.11. The molecule has 4 rings (SSSR count). The van der Waals surface area contributed by atoms with Crippen molar-refractivity contribution < 1.29 is 16.8 Å². The van der Waals surface area contributed by atoms with Gasteiger partial charge in [0.2, 0.25) is 0 Å². The number of nitrogens with one attached hydrogen (secondary N) is 2. The fraction of sp³-hybridized carbons (Fsp3) is 0.0833. The lowest BCUT2D eigenvalue weighted by Gasteiger charge is -2.15. The molecule has 0 amide bonds. The molecule has 0 radical (unpaired) electrons. The SMILES string of the molecule is Cc1ccc(NS(=O)(=O)c2cccc3c(S(=O)(=O)Nc4ccc(C)cc4Br)cccc23)c(Br)c1. The van der Waals surface area contributed by atoms with Gasteiger partial charge in [-0.2, -0.15) is 0 Å². The summed E-state index contributed by atoms with van der Waals surface area (Å²) in [6.07, 6.45) is 0. The average Bonchev–Trinajstić information content (AvgIpc) is 2.76. The summed E-state index contributed by atoms with van der Waals surface area (Å²) in [5.74, 6) is 0. The third-order valence-corrected chi connectivity index (χ3v) is 9.32. The first kappa shape index (κ1) is 24.7. The number of sulfonamides is 2. The Balaban J connectivity index is 1.79. The van der Waals surface area contributed by atoms with Crippen LogP contribution in [0.25, 0.3) is 10.8 Å². The number of halogens is 2. The lowest BCUT2D eigenvalue weighted by molar-refractivity contribution is 0.599. The number of hydrogen-bond acceptors (Lipinski definition) is 4. The normalized spacial score (nSPS) is 12.0. The molecule has 10 heteroatoms. The van der Waals surface area contributed by atoms with E-state index in [9.17, 15) is 16.8 Å². The third-order valence-electron chi connectivity index (χ3n) is 5.16. The van der Waals surface area contributed by atoms with Crippen molar-refractivity contribution in [3.63, 3.8) is 0 Å². The van der Waals surface area contributed by atoms with Gasteiger partial charge in [-0.25, -0.2) is 16.8 Å². The largest absolute Gasteiger partial charge is 0.278 e. The lowest BCUT2D eigenvalue weighted by Crippen LogP contribution is -2.16. The minimum absolute atomic E-state index is 0.0222. The van der Waals surface area contributed by atoms with Crippen molar-refractivity contribution in [3.05, 3.63) is 92.9 Å². The van der Waals surface area contributed by atoms with Gasteiger partial charge in [0.15, 0.2) is 0 Å². The fourth-order valence-electron chi connectivity index (χ4n) is 3.53. The molecule has 0 spiro atoms. The first-order valence-electron chi connectivity index (χ1n) is 10.1. The Morgan fingerprint density at radius 1 is 0.588 bits per heavy atom. The van der Waals surface area contributed by atoms with Crippen molar-refractivity contribution in [2.45, 2.75) is 23.6 Å². The Bertz CT molecular complexity index is 1510. The standard InChI is InChI=1S/C24H20Br2N2O4S2/c1-15-9-11-21(19(25)13-15)27-33(29,30)23-7-3-6-18-17(23)5-4-8-24(18)34(31,32)28-22-12-10-16(2)14-20(22)26/h3-14,27-28H,1-2H3. The van der Waals surface area contributed by atoms with Crippen LogP contribution in [-0.4, -0.2) is 16.8 Å². The lowest BCUT2D eigenvalue weighted by atomic mass is 10.1. The van der Waals surface area contributed by atoms with Crippen LogP contribution in [0.4, 0.5) is 11.4 Å². The van der Waals surface area contributed by atoms with E-state index in [1.54, 1.807) is 48.5 Å². The minimum atomic E-state index is -4.01. The summed E-state index contributed by atoms with van der Waals surface area (Å²) in [6, 6.07) is 19.7. The van der Waals surface area contributed by atoms with Crippen LogP contribution in [0.15, 0.2) is 91.5 Å². The fourth-order valence-corrected chi connectivity index (χ4v) is 7.58. The van der Waals surface area contributed by atoms with Crippen molar-refractivity contribution in [3.8, 4) is 0 Å². The topological polar surface area (TPSA) is 92.3 Å². The van der Waals surface area contributed by atoms with Gasteiger partial charge >= 0.3 is 0 Å². The van der Waals surface area contributed by atoms with Gasteiger partial charge in [-0.05, 0) is 93.2 Å². The summed E-state index contributed by atoms with van der Waals surface area (Å²) in [5, 5.41) is 0.591. The summed E-state index contributed by atoms with van der Waals surface area (Å²) in [5.41, 5.74) is 2.72. The first-order valence-corrected chi connectivity index (χ1v) is 14.6. The predicted octanol–water partition coefficient (Wildman–Crippen LogP) is 6.58. The van der Waals surface area contributed by atoms with Gasteiger partial charge in [-0.1, -0.05) is 36.4 Å². The van der Waals surface area contributed by atoms with Crippen molar-refractivity contribution in [2.24, 2.45) is 0 Å². The number of hydrogen-bond donors (Lipinski definition) is 2. The Kier molecular flexibility index (Phi) is 6.78. The highest BCUT2D eigenvalue weighted by Crippen LogP contribution is 2.33. The molecule has 2 N–H and O–H groups in total. The number of aryl methyl sites for hydroxylation is 2. The van der Waals surface area contributed by atoms with Gasteiger partial charge in [0.1, 0.15) is 0 Å². The maximum atomic E-state index is 13.3. The number of rotatable bonds is 6. The first-order chi connectivity index (χ1) is 16.0. The van der Waals surface area contributed by atoms with E-state index >= 15 is 0 Å². The molecule has 0 bridgehead atoms. The molecule has 0 heterocycles. The van der Waals surface area contributed by atoms with E-state index < -0.39 is 20.0 Å². The maximum Gasteiger partial charge on any atom is 0.262 e. The van der Waals surface area contributed by atoms with E-state index in [4.69, 9.17) is 0 Å². The summed E-state index contributed by atoms with van der Waals surface area (Å²) < 4.78 is 59.5. The number of fused-ring (bicyclic) bond motifs is 1. The Hall–Kier alpha value is -2.40. The van der Waals surface area contributed by atoms with Gasteiger partial charge in [0.05, 0.1) is 21.2 Å². The zero-order valence-electron chi connectivity index (χ0n) is 18.1. The van der Waals surface area contributed by atoms with Crippen LogP contribution in [0.3, 0.4) is 0 Å². The molecule has 6 nitrogen and oxygen atoms in total. The molecule has 0 aliphatic carbocycles. The van der Waals surface area contributed by atoms with E-state index in [-0.39, 0.29) is 9.79 Å². The Labute approximate surface area is 215 Å². The molecule has 0 fully saturated rings. The van der Waals surface area contributed by atoms with E-state index in [2.05, 4.69) is 41.3 Å². The molecule has 0 aliphatic rings. The van der Waals surface area contributed by atoms with E-state index in [0.29, 0.717) is 31.1 Å². The summed E-state index contributed by atoms with van der Waals surface area (Å²) in [6.45, 7) is 3.80. The highest BCUT2D eigenvalue weighted by Gasteiger charge is 2.23. The van der Waals surface area contributed by atoms with Crippen LogP contribution in [0.5, 0.6) is 0 Å². The second kappa shape index (κ2) is 9.33. The summed E-state index contributed by atoms with van der Waals surface area (Å²) >= 11 is 6.77. The Morgan fingerprint density at radius 3 is 1.32 bits per heavy atom. The second-order valence-corrected chi connectivity index (χ2v) is 12.8. The molecule has 0 saturated heterocycles. The quantitative estimate of drug-likeness (QED) is 0.254. The molecule has 34 heavy (non-hydrogen) atoms. The van der Waals surface area contributed by atoms with E-state index in [1.165, 1.54) is 24.3 Å². The van der Waals surface area contributed by atoms with Gasteiger partial charge < -0.3 is 0 Å². The van der Waals surface area contributed by atoms with Crippen LogP contribution in [-0.2, 0) is 20.0 Å². The molecular weight excluding hydrogens is 604 g/mol. The van der Waals surface area contributed by atoms with Gasteiger partial charge in [-0.3, -0.25) is 9.44 Å². The molecule has 0 saturated carbocycles. The predicted molar refractivity (Wildman–Crippen MR) is 143 cm³/mol. The highest BCUT2D eigenvalue weighted by atomic mass is 79.9. The van der Waals surface area contributed by atoms with Crippen molar-refractivity contribution in [2.75, 3.05) is 9.44 Å². The third kappa shape index (κ3) is 5.00. The molecule has 176 valence electrons. The number of benzene rings is 4. The zero-order valence-corrected chi connectivity index (χ0v) is 22.9. The summed E-state index contributed by atoms with van der Waals surface area (Å²) in [7, 11) is -8.02. The van der Waals surface area contributed by atoms with Crippen LogP contribution in [0.2, 0.25) is 0 Å². The van der Waals surface area contributed by atoms with Gasteiger partial charge in [0, 0.05) is 19.7 Å². The summed E-state index contributed by atoms with van der Waals surface area (Å²) in [4.78, 5) is -0.0444. The Morgan fingerprint density at radius 2 is 0.971 bits per heavy atom. The molecule has 0 aliphatic heterocycles. The molecule has 4 aromatic carbocycles. The van der Waals surface area contributed by atoms with Gasteiger partial charge in [0.25, 0.3) is 20.0 Å². The van der Waals surface area contributed by atoms with Crippen LogP contribution in [0.1, 0.15) is 11.1 Å². The monoisotopic (exact) mass is 622 g/mol. The van der Waals surface area contributed by atoms with E-state index in [1.807, 2.05) is 13.8 Å². The molecule has 0 aromatic heterocycles. The van der Waals surface area contributed by atoms with Gasteiger partial charge in [-0.15, -0.1) is 0 Å². The second-order valence-electron chi connectivity index (χ2n) is 7.79. The van der Waals surface area contributed by atoms with Crippen LogP contribution >= 0.6 is 31.9 Å². The minimum Gasteiger partial charge on any atom is -0.278 e. The molecule has 4 aromatic rings. The average molecular weight is 624 g/mol. The maximum absolute atomic E-state index is 13.3. The van der Waals surface area contributed by atoms with E-state index in [0.717, 1.165) is 11.1 Å². The van der Waals surface area contributed by atoms with Crippen molar-refractivity contribution in [1.82, 2.24) is 0 Å². The van der Waals surface area contributed by atoms with Crippen LogP contribution in [0, 0.1) is 13.8 Å². The number of anilines is 2. The molecule has 0 atom stereocenters. The smallest absolute Gasteiger partial charge is 0.262 e.